The second-order valence-corrected chi connectivity index (χ2v) is 12.5. The van der Waals surface area contributed by atoms with Crippen LogP contribution in [0.3, 0.4) is 0 Å². The number of sulfonamides is 1. The highest BCUT2D eigenvalue weighted by Crippen LogP contribution is 2.28. The quantitative estimate of drug-likeness (QED) is 0.221. The van der Waals surface area contributed by atoms with E-state index in [1.807, 2.05) is 75.4 Å². The fourth-order valence-electron chi connectivity index (χ4n) is 4.99. The molecular weight excluding hydrogens is 574 g/mol. The lowest BCUT2D eigenvalue weighted by Crippen LogP contribution is -2.53. The summed E-state index contributed by atoms with van der Waals surface area (Å²) in [6, 6.07) is 29.4. The first-order valence-corrected chi connectivity index (χ1v) is 16.0. The zero-order chi connectivity index (χ0) is 31.7. The van der Waals surface area contributed by atoms with E-state index in [4.69, 9.17) is 4.74 Å². The molecule has 0 unspecified atom stereocenters. The lowest BCUT2D eigenvalue weighted by Gasteiger charge is -2.34. The van der Waals surface area contributed by atoms with Crippen LogP contribution in [0.25, 0.3) is 0 Å². The van der Waals surface area contributed by atoms with Crippen molar-refractivity contribution in [3.8, 4) is 5.75 Å². The number of amides is 2. The van der Waals surface area contributed by atoms with Gasteiger partial charge in [0.2, 0.25) is 11.8 Å². The van der Waals surface area contributed by atoms with Gasteiger partial charge in [-0.1, -0.05) is 83.9 Å². The summed E-state index contributed by atoms with van der Waals surface area (Å²) in [6.07, 6.45) is 0.258. The molecule has 0 radical (unpaired) electrons. The number of hydrogen-bond donors (Lipinski definition) is 1. The van der Waals surface area contributed by atoms with Crippen LogP contribution in [0, 0.1) is 13.8 Å². The number of aryl methyl sites for hydroxylation is 2. The third-order valence-electron chi connectivity index (χ3n) is 7.29. The number of hydrogen-bond acceptors (Lipinski definition) is 5. The summed E-state index contributed by atoms with van der Waals surface area (Å²) in [5.41, 5.74) is 3.89. The van der Waals surface area contributed by atoms with Crippen molar-refractivity contribution in [1.29, 1.82) is 0 Å². The maximum Gasteiger partial charge on any atom is 0.264 e. The van der Waals surface area contributed by atoms with Crippen LogP contribution >= 0.6 is 0 Å². The molecule has 0 saturated carbocycles. The van der Waals surface area contributed by atoms with Gasteiger partial charge in [-0.3, -0.25) is 13.9 Å². The smallest absolute Gasteiger partial charge is 0.264 e. The lowest BCUT2D eigenvalue weighted by molar-refractivity contribution is -0.140. The molecule has 4 aromatic carbocycles. The first-order chi connectivity index (χ1) is 21.1. The van der Waals surface area contributed by atoms with Gasteiger partial charge in [-0.05, 0) is 56.2 Å². The summed E-state index contributed by atoms with van der Waals surface area (Å²) in [6.45, 7) is 5.62. The molecule has 1 atom stereocenters. The van der Waals surface area contributed by atoms with Gasteiger partial charge in [-0.2, -0.15) is 0 Å². The molecule has 8 nitrogen and oxygen atoms in total. The minimum atomic E-state index is -4.19. The van der Waals surface area contributed by atoms with E-state index in [1.165, 1.54) is 24.1 Å². The standard InChI is InChI=1S/C35H39N3O5S/c1-5-36-35(40)33(22-28-12-7-6-8-13-28)37(24-29-14-9-11-27(3)21-29)34(39)25-38(30-15-10-16-31(23-30)43-4)44(41,42)32-19-17-26(2)18-20-32/h6-21,23,33H,5,22,24-25H2,1-4H3,(H,36,40)/t33-/m1/s1. The summed E-state index contributed by atoms with van der Waals surface area (Å²) >= 11 is 0. The van der Waals surface area contributed by atoms with Gasteiger partial charge >= 0.3 is 0 Å². The Hall–Kier alpha value is -4.63. The van der Waals surface area contributed by atoms with Crippen molar-refractivity contribution in [3.63, 3.8) is 0 Å². The van der Waals surface area contributed by atoms with Crippen molar-refractivity contribution < 1.29 is 22.7 Å². The Bertz CT molecular complexity index is 1670. The van der Waals surface area contributed by atoms with E-state index in [9.17, 15) is 18.0 Å². The van der Waals surface area contributed by atoms with Crippen molar-refractivity contribution in [3.05, 3.63) is 125 Å². The van der Waals surface area contributed by atoms with E-state index in [2.05, 4.69) is 5.32 Å². The number of nitrogens with zero attached hydrogens (tertiary/aromatic N) is 2. The highest BCUT2D eigenvalue weighted by Gasteiger charge is 2.34. The first kappa shape index (κ1) is 32.3. The average molecular weight is 614 g/mol. The number of anilines is 1. The van der Waals surface area contributed by atoms with E-state index in [0.29, 0.717) is 12.3 Å². The molecule has 0 aliphatic rings. The molecule has 0 bridgehead atoms. The fraction of sp³-hybridized carbons (Fsp3) is 0.257. The summed E-state index contributed by atoms with van der Waals surface area (Å²) in [5.74, 6) is -0.385. The van der Waals surface area contributed by atoms with Gasteiger partial charge in [-0.15, -0.1) is 0 Å². The van der Waals surface area contributed by atoms with Crippen molar-refractivity contribution >= 4 is 27.5 Å². The average Bonchev–Trinajstić information content (AvgIpc) is 3.02. The van der Waals surface area contributed by atoms with Crippen molar-refractivity contribution in [2.24, 2.45) is 0 Å². The molecule has 0 heterocycles. The number of carbonyl (C=O) groups excluding carboxylic acids is 2. The van der Waals surface area contributed by atoms with Gasteiger partial charge in [0.25, 0.3) is 10.0 Å². The van der Waals surface area contributed by atoms with Gasteiger partial charge in [0.05, 0.1) is 17.7 Å². The maximum atomic E-state index is 14.5. The molecule has 44 heavy (non-hydrogen) atoms. The Balaban J connectivity index is 1.81. The molecule has 0 fully saturated rings. The molecule has 0 saturated heterocycles. The zero-order valence-electron chi connectivity index (χ0n) is 25.6. The lowest BCUT2D eigenvalue weighted by atomic mass is 10.0. The molecule has 4 rings (SSSR count). The fourth-order valence-corrected chi connectivity index (χ4v) is 6.39. The minimum Gasteiger partial charge on any atom is -0.497 e. The van der Waals surface area contributed by atoms with Crippen LogP contribution in [0.1, 0.15) is 29.2 Å². The molecule has 0 aromatic heterocycles. The Kier molecular flexibility index (Phi) is 10.8. The molecule has 0 aliphatic carbocycles. The Morgan fingerprint density at radius 3 is 2.16 bits per heavy atom. The monoisotopic (exact) mass is 613 g/mol. The van der Waals surface area contributed by atoms with Gasteiger partial charge in [-0.25, -0.2) is 8.42 Å². The third-order valence-corrected chi connectivity index (χ3v) is 9.07. The van der Waals surface area contributed by atoms with Crippen LogP contribution in [0.4, 0.5) is 5.69 Å². The van der Waals surface area contributed by atoms with Crippen molar-refractivity contribution in [2.75, 3.05) is 24.5 Å². The maximum absolute atomic E-state index is 14.5. The highest BCUT2D eigenvalue weighted by atomic mass is 32.2. The number of rotatable bonds is 13. The van der Waals surface area contributed by atoms with Crippen molar-refractivity contribution in [2.45, 2.75) is 44.7 Å². The number of likely N-dealkylation sites (N-methyl/N-ethyl adjacent to an activating group) is 1. The normalized spacial score (nSPS) is 11.8. The van der Waals surface area contributed by atoms with E-state index < -0.39 is 28.5 Å². The molecule has 0 spiro atoms. The van der Waals surface area contributed by atoms with E-state index in [0.717, 1.165) is 26.6 Å². The predicted molar refractivity (Wildman–Crippen MR) is 173 cm³/mol. The Labute approximate surface area is 260 Å². The van der Waals surface area contributed by atoms with Crippen LogP contribution in [-0.4, -0.2) is 51.4 Å². The van der Waals surface area contributed by atoms with Gasteiger partial charge in [0.1, 0.15) is 18.3 Å². The molecule has 9 heteroatoms. The van der Waals surface area contributed by atoms with Crippen LogP contribution in [0.2, 0.25) is 0 Å². The minimum absolute atomic E-state index is 0.0496. The van der Waals surface area contributed by atoms with Crippen molar-refractivity contribution in [1.82, 2.24) is 10.2 Å². The van der Waals surface area contributed by atoms with E-state index in [1.54, 1.807) is 36.4 Å². The molecule has 1 N–H and O–H groups in total. The molecule has 4 aromatic rings. The topological polar surface area (TPSA) is 96.0 Å². The van der Waals surface area contributed by atoms with Crippen LogP contribution in [0.5, 0.6) is 5.75 Å². The van der Waals surface area contributed by atoms with E-state index in [-0.39, 0.29) is 29.5 Å². The van der Waals surface area contributed by atoms with Crippen LogP contribution < -0.4 is 14.4 Å². The number of methoxy groups -OCH3 is 1. The zero-order valence-corrected chi connectivity index (χ0v) is 26.4. The van der Waals surface area contributed by atoms with Crippen LogP contribution in [-0.2, 0) is 32.6 Å². The molecule has 0 aliphatic heterocycles. The Morgan fingerprint density at radius 2 is 1.50 bits per heavy atom. The highest BCUT2D eigenvalue weighted by molar-refractivity contribution is 7.92. The summed E-state index contributed by atoms with van der Waals surface area (Å²) in [4.78, 5) is 29.6. The van der Waals surface area contributed by atoms with E-state index >= 15 is 0 Å². The summed E-state index contributed by atoms with van der Waals surface area (Å²) in [7, 11) is -2.70. The first-order valence-electron chi connectivity index (χ1n) is 14.5. The molecule has 2 amide bonds. The van der Waals surface area contributed by atoms with Crippen LogP contribution in [0.15, 0.2) is 108 Å². The van der Waals surface area contributed by atoms with Gasteiger partial charge in [0.15, 0.2) is 0 Å². The second-order valence-electron chi connectivity index (χ2n) is 10.6. The number of benzene rings is 4. The number of ether oxygens (including phenoxy) is 1. The third kappa shape index (κ3) is 8.05. The van der Waals surface area contributed by atoms with Gasteiger partial charge in [0, 0.05) is 25.6 Å². The summed E-state index contributed by atoms with van der Waals surface area (Å²) in [5, 5.41) is 2.88. The number of nitrogens with one attached hydrogen (secondary N) is 1. The number of carbonyl (C=O) groups is 2. The van der Waals surface area contributed by atoms with Gasteiger partial charge < -0.3 is 15.0 Å². The SMILES string of the molecule is CCNC(=O)[C@@H](Cc1ccccc1)N(Cc1cccc(C)c1)C(=O)CN(c1cccc(OC)c1)S(=O)(=O)c1ccc(C)cc1. The Morgan fingerprint density at radius 1 is 0.818 bits per heavy atom. The molecule has 230 valence electrons. The predicted octanol–water partition coefficient (Wildman–Crippen LogP) is 5.28. The molecular formula is C35H39N3O5S. The second kappa shape index (κ2) is 14.7. The summed E-state index contributed by atoms with van der Waals surface area (Å²) < 4.78 is 34.7. The largest absolute Gasteiger partial charge is 0.497 e.